The summed E-state index contributed by atoms with van der Waals surface area (Å²) in [6, 6.07) is 11.9. The van der Waals surface area contributed by atoms with Crippen molar-refractivity contribution in [1.29, 1.82) is 0 Å². The third-order valence-electron chi connectivity index (χ3n) is 3.58. The molecular weight excluding hydrogens is 269 g/mol. The van der Waals surface area contributed by atoms with Gasteiger partial charge in [-0.3, -0.25) is 0 Å². The van der Waals surface area contributed by atoms with Crippen molar-refractivity contribution in [2.45, 2.75) is 18.9 Å². The molecule has 0 aromatic heterocycles. The van der Waals surface area contributed by atoms with Crippen molar-refractivity contribution >= 4 is 0 Å². The van der Waals surface area contributed by atoms with Gasteiger partial charge in [-0.1, -0.05) is 18.2 Å². The molecule has 0 aliphatic carbocycles. The third kappa shape index (κ3) is 3.60. The molecule has 0 saturated heterocycles. The molecule has 2 aromatic rings. The number of hydrogen-bond donors (Lipinski definition) is 2. The highest BCUT2D eigenvalue weighted by atomic mass is 19.1. The Morgan fingerprint density at radius 1 is 1.14 bits per heavy atom. The Hall–Kier alpha value is -1.91. The monoisotopic (exact) mass is 289 g/mol. The summed E-state index contributed by atoms with van der Waals surface area (Å²) in [7, 11) is 1.60. The number of benzene rings is 2. The predicted molar refractivity (Wildman–Crippen MR) is 80.9 cm³/mol. The minimum atomic E-state index is -0.849. The topological polar surface area (TPSA) is 55.5 Å². The SMILES string of the molecule is COc1ccc(C(CN)C(O)c2cc(C)cc(F)c2)cc1. The molecule has 3 N–H and O–H groups in total. The van der Waals surface area contributed by atoms with E-state index in [2.05, 4.69) is 0 Å². The Morgan fingerprint density at radius 2 is 1.81 bits per heavy atom. The second-order valence-electron chi connectivity index (χ2n) is 5.12. The first-order valence-corrected chi connectivity index (χ1v) is 6.84. The molecule has 0 spiro atoms. The van der Waals surface area contributed by atoms with Crippen LogP contribution < -0.4 is 10.5 Å². The number of aliphatic hydroxyl groups is 1. The Morgan fingerprint density at radius 3 is 2.33 bits per heavy atom. The van der Waals surface area contributed by atoms with E-state index in [9.17, 15) is 9.50 Å². The Balaban J connectivity index is 2.30. The summed E-state index contributed by atoms with van der Waals surface area (Å²) in [5.41, 5.74) is 8.01. The van der Waals surface area contributed by atoms with Crippen molar-refractivity contribution in [1.82, 2.24) is 0 Å². The van der Waals surface area contributed by atoms with Gasteiger partial charge in [0.2, 0.25) is 0 Å². The zero-order valence-electron chi connectivity index (χ0n) is 12.2. The van der Waals surface area contributed by atoms with Gasteiger partial charge in [-0.05, 0) is 47.9 Å². The second kappa shape index (κ2) is 6.70. The highest BCUT2D eigenvalue weighted by Gasteiger charge is 2.22. The first kappa shape index (κ1) is 15.5. The van der Waals surface area contributed by atoms with Crippen LogP contribution in [0.3, 0.4) is 0 Å². The molecule has 21 heavy (non-hydrogen) atoms. The summed E-state index contributed by atoms with van der Waals surface area (Å²) >= 11 is 0. The molecular formula is C17H20FNO2. The number of nitrogens with two attached hydrogens (primary N) is 1. The van der Waals surface area contributed by atoms with Gasteiger partial charge >= 0.3 is 0 Å². The normalized spacial score (nSPS) is 13.8. The highest BCUT2D eigenvalue weighted by Crippen LogP contribution is 2.31. The van der Waals surface area contributed by atoms with Crippen LogP contribution in [0.15, 0.2) is 42.5 Å². The largest absolute Gasteiger partial charge is 0.497 e. The lowest BCUT2D eigenvalue weighted by atomic mass is 9.88. The zero-order chi connectivity index (χ0) is 15.4. The van der Waals surface area contributed by atoms with Gasteiger partial charge in [0, 0.05) is 12.5 Å². The van der Waals surface area contributed by atoms with Gasteiger partial charge in [0.15, 0.2) is 0 Å². The van der Waals surface area contributed by atoms with Gasteiger partial charge in [-0.2, -0.15) is 0 Å². The highest BCUT2D eigenvalue weighted by molar-refractivity contribution is 5.33. The summed E-state index contributed by atoms with van der Waals surface area (Å²) in [6.07, 6.45) is -0.849. The van der Waals surface area contributed by atoms with E-state index in [-0.39, 0.29) is 18.3 Å². The molecule has 112 valence electrons. The van der Waals surface area contributed by atoms with E-state index in [1.807, 2.05) is 24.3 Å². The van der Waals surface area contributed by atoms with Gasteiger partial charge < -0.3 is 15.6 Å². The Labute approximate surface area is 124 Å². The lowest BCUT2D eigenvalue weighted by Crippen LogP contribution is -2.20. The summed E-state index contributed by atoms with van der Waals surface area (Å²) in [4.78, 5) is 0. The number of aliphatic hydroxyl groups excluding tert-OH is 1. The minimum absolute atomic E-state index is 0.267. The van der Waals surface area contributed by atoms with Gasteiger partial charge in [0.05, 0.1) is 13.2 Å². The molecule has 0 radical (unpaired) electrons. The fourth-order valence-electron chi connectivity index (χ4n) is 2.47. The summed E-state index contributed by atoms with van der Waals surface area (Å²) in [5.74, 6) is 0.0947. The molecule has 4 heteroatoms. The van der Waals surface area contributed by atoms with Crippen molar-refractivity contribution in [2.24, 2.45) is 5.73 Å². The molecule has 0 bridgehead atoms. The Bertz CT molecular complexity index is 578. The third-order valence-corrected chi connectivity index (χ3v) is 3.58. The maximum absolute atomic E-state index is 13.5. The van der Waals surface area contributed by atoms with Crippen LogP contribution in [0, 0.1) is 12.7 Å². The lowest BCUT2D eigenvalue weighted by Gasteiger charge is -2.23. The van der Waals surface area contributed by atoms with E-state index in [0.29, 0.717) is 5.56 Å². The summed E-state index contributed by atoms with van der Waals surface area (Å²) < 4.78 is 18.6. The standard InChI is InChI=1S/C17H20FNO2/c1-11-7-13(9-14(18)8-11)17(20)16(10-19)12-3-5-15(21-2)6-4-12/h3-9,16-17,20H,10,19H2,1-2H3. The molecule has 0 heterocycles. The van der Waals surface area contributed by atoms with Crippen molar-refractivity contribution < 1.29 is 14.2 Å². The molecule has 2 rings (SSSR count). The average Bonchev–Trinajstić information content (AvgIpc) is 2.47. The van der Waals surface area contributed by atoms with Crippen molar-refractivity contribution in [2.75, 3.05) is 13.7 Å². The van der Waals surface area contributed by atoms with Crippen LogP contribution in [0.1, 0.15) is 28.7 Å². The van der Waals surface area contributed by atoms with Gasteiger partial charge in [0.1, 0.15) is 11.6 Å². The minimum Gasteiger partial charge on any atom is -0.497 e. The van der Waals surface area contributed by atoms with E-state index in [0.717, 1.165) is 16.9 Å². The van der Waals surface area contributed by atoms with Crippen LogP contribution in [0.2, 0.25) is 0 Å². The van der Waals surface area contributed by atoms with Crippen LogP contribution in [0.4, 0.5) is 4.39 Å². The summed E-state index contributed by atoms with van der Waals surface area (Å²) in [6.45, 7) is 2.06. The number of rotatable bonds is 5. The fourth-order valence-corrected chi connectivity index (χ4v) is 2.47. The quantitative estimate of drug-likeness (QED) is 0.890. The van der Waals surface area contributed by atoms with Gasteiger partial charge in [-0.15, -0.1) is 0 Å². The molecule has 0 aliphatic heterocycles. The number of hydrogen-bond acceptors (Lipinski definition) is 3. The van der Waals surface area contributed by atoms with Gasteiger partial charge in [0.25, 0.3) is 0 Å². The first-order chi connectivity index (χ1) is 10.0. The molecule has 2 atom stereocenters. The van der Waals surface area contributed by atoms with Crippen LogP contribution in [-0.2, 0) is 0 Å². The van der Waals surface area contributed by atoms with E-state index >= 15 is 0 Å². The number of ether oxygens (including phenoxy) is 1. The lowest BCUT2D eigenvalue weighted by molar-refractivity contribution is 0.147. The van der Waals surface area contributed by atoms with Crippen molar-refractivity contribution in [3.8, 4) is 5.75 Å². The molecule has 0 fully saturated rings. The zero-order valence-corrected chi connectivity index (χ0v) is 12.2. The molecule has 3 nitrogen and oxygen atoms in total. The van der Waals surface area contributed by atoms with Crippen LogP contribution in [0.5, 0.6) is 5.75 Å². The number of halogens is 1. The fraction of sp³-hybridized carbons (Fsp3) is 0.294. The second-order valence-corrected chi connectivity index (χ2v) is 5.12. The van der Waals surface area contributed by atoms with Crippen LogP contribution in [-0.4, -0.2) is 18.8 Å². The predicted octanol–water partition coefficient (Wildman–Crippen LogP) is 2.92. The van der Waals surface area contributed by atoms with E-state index < -0.39 is 6.10 Å². The van der Waals surface area contributed by atoms with E-state index in [1.165, 1.54) is 12.1 Å². The van der Waals surface area contributed by atoms with Gasteiger partial charge in [-0.25, -0.2) is 4.39 Å². The maximum atomic E-state index is 13.5. The van der Waals surface area contributed by atoms with E-state index in [1.54, 1.807) is 20.1 Å². The first-order valence-electron chi connectivity index (χ1n) is 6.84. The molecule has 0 aliphatic rings. The average molecular weight is 289 g/mol. The molecule has 2 unspecified atom stereocenters. The molecule has 0 saturated carbocycles. The molecule has 0 amide bonds. The summed E-state index contributed by atoms with van der Waals surface area (Å²) in [5, 5.41) is 10.5. The van der Waals surface area contributed by atoms with E-state index in [4.69, 9.17) is 10.5 Å². The Kier molecular flexibility index (Phi) is 4.94. The van der Waals surface area contributed by atoms with Crippen LogP contribution >= 0.6 is 0 Å². The number of aryl methyl sites for hydroxylation is 1. The molecule has 2 aromatic carbocycles. The van der Waals surface area contributed by atoms with Crippen molar-refractivity contribution in [3.05, 3.63) is 65.0 Å². The maximum Gasteiger partial charge on any atom is 0.123 e. The van der Waals surface area contributed by atoms with Crippen molar-refractivity contribution in [3.63, 3.8) is 0 Å². The smallest absolute Gasteiger partial charge is 0.123 e. The van der Waals surface area contributed by atoms with Crippen LogP contribution in [0.25, 0.3) is 0 Å². The number of methoxy groups -OCH3 is 1.